The molecular formula is C29H22BrNO6. The van der Waals surface area contributed by atoms with Gasteiger partial charge in [-0.25, -0.2) is 0 Å². The van der Waals surface area contributed by atoms with Crippen molar-refractivity contribution in [1.29, 1.82) is 0 Å². The molecule has 186 valence electrons. The number of phenols is 1. The van der Waals surface area contributed by atoms with Gasteiger partial charge in [0.1, 0.15) is 18.1 Å². The molecule has 1 fully saturated rings. The fourth-order valence-electron chi connectivity index (χ4n) is 6.07. The third-order valence-corrected chi connectivity index (χ3v) is 8.32. The van der Waals surface area contributed by atoms with Crippen LogP contribution in [0.15, 0.2) is 81.9 Å². The van der Waals surface area contributed by atoms with E-state index in [1.165, 1.54) is 12.1 Å². The van der Waals surface area contributed by atoms with Gasteiger partial charge in [0, 0.05) is 34.8 Å². The van der Waals surface area contributed by atoms with Crippen molar-refractivity contribution in [2.45, 2.75) is 25.4 Å². The lowest BCUT2D eigenvalue weighted by Gasteiger charge is -2.42. The zero-order valence-corrected chi connectivity index (χ0v) is 21.2. The summed E-state index contributed by atoms with van der Waals surface area (Å²) in [6.45, 7) is 0.323. The molecule has 2 aromatic carbocycles. The molecule has 1 heterocycles. The Morgan fingerprint density at radius 2 is 1.78 bits per heavy atom. The van der Waals surface area contributed by atoms with Crippen LogP contribution < -0.4 is 10.1 Å². The van der Waals surface area contributed by atoms with Gasteiger partial charge in [0.25, 0.3) is 0 Å². The van der Waals surface area contributed by atoms with Gasteiger partial charge in [-0.15, -0.1) is 0 Å². The maximum Gasteiger partial charge on any atom is 0.231 e. The zero-order valence-electron chi connectivity index (χ0n) is 19.6. The van der Waals surface area contributed by atoms with Crippen LogP contribution in [0.5, 0.6) is 11.5 Å². The fourth-order valence-corrected chi connectivity index (χ4v) is 6.52. The predicted molar refractivity (Wildman–Crippen MR) is 137 cm³/mol. The highest BCUT2D eigenvalue weighted by molar-refractivity contribution is 9.12. The van der Waals surface area contributed by atoms with Crippen LogP contribution in [0.3, 0.4) is 0 Å². The summed E-state index contributed by atoms with van der Waals surface area (Å²) in [5.74, 6) is -3.18. The number of nitrogens with one attached hydrogen (secondary N) is 1. The number of ether oxygens (including phenoxy) is 1. The number of hydrogen-bond acceptors (Lipinski definition) is 6. The standard InChI is InChI=1S/C29H22BrNO6/c30-21-12-23(33)26-20(27(21)34)11-19-16(8-9-18-25(19)29(36)31-28(18)35)24(26)17-7-6-15(10-22(17)32)37-13-14-4-2-1-3-5-14/h1-8,10,12,18-19,24-25,32H,9,11,13H2,(H,31,35,36)/t18-,19+,24+,25-/m0/s1. The first kappa shape index (κ1) is 23.6. The number of carbonyl (C=O) groups is 4. The molecule has 0 saturated carbocycles. The highest BCUT2D eigenvalue weighted by atomic mass is 79.9. The third-order valence-electron chi connectivity index (χ3n) is 7.74. The summed E-state index contributed by atoms with van der Waals surface area (Å²) in [6.07, 6.45) is 3.71. The number of phenolic OH excluding ortho intramolecular Hbond substituents is 1. The Hall–Kier alpha value is -3.78. The number of hydrogen-bond donors (Lipinski definition) is 2. The molecule has 0 radical (unpaired) electrons. The average molecular weight is 560 g/mol. The molecule has 0 aromatic heterocycles. The van der Waals surface area contributed by atoms with Crippen LogP contribution in [0.1, 0.15) is 29.9 Å². The lowest BCUT2D eigenvalue weighted by atomic mass is 9.59. The van der Waals surface area contributed by atoms with Crippen molar-refractivity contribution in [2.24, 2.45) is 17.8 Å². The molecule has 4 aliphatic rings. The van der Waals surface area contributed by atoms with Crippen LogP contribution >= 0.6 is 15.9 Å². The van der Waals surface area contributed by atoms with E-state index in [2.05, 4.69) is 21.2 Å². The van der Waals surface area contributed by atoms with Gasteiger partial charge in [0.15, 0.2) is 11.6 Å². The van der Waals surface area contributed by atoms with Crippen molar-refractivity contribution in [3.05, 3.63) is 93.0 Å². The molecule has 3 aliphatic carbocycles. The molecule has 2 N–H and O–H groups in total. The van der Waals surface area contributed by atoms with Gasteiger partial charge in [0.2, 0.25) is 11.8 Å². The van der Waals surface area contributed by atoms with E-state index in [9.17, 15) is 24.3 Å². The number of ketones is 2. The second kappa shape index (κ2) is 8.95. The maximum atomic E-state index is 13.2. The molecule has 6 rings (SSSR count). The monoisotopic (exact) mass is 559 g/mol. The fraction of sp³-hybridized carbons (Fsp3) is 0.241. The number of carbonyl (C=O) groups excluding carboxylic acids is 4. The van der Waals surface area contributed by atoms with Crippen LogP contribution in [0.2, 0.25) is 0 Å². The van der Waals surface area contributed by atoms with E-state index in [1.54, 1.807) is 12.1 Å². The second-order valence-corrected chi connectivity index (χ2v) is 10.6. The topological polar surface area (TPSA) is 110 Å². The summed E-state index contributed by atoms with van der Waals surface area (Å²) in [6, 6.07) is 14.6. The molecule has 1 saturated heterocycles. The number of Topliss-reactive ketones (excluding diaryl/α,β-unsaturated/α-hetero) is 1. The number of benzene rings is 2. The van der Waals surface area contributed by atoms with Crippen LogP contribution in [0.4, 0.5) is 0 Å². The molecule has 8 heteroatoms. The Morgan fingerprint density at radius 1 is 1.00 bits per heavy atom. The van der Waals surface area contributed by atoms with Gasteiger partial charge in [0.05, 0.1) is 16.3 Å². The van der Waals surface area contributed by atoms with Crippen molar-refractivity contribution in [3.8, 4) is 11.5 Å². The minimum atomic E-state index is -0.713. The second-order valence-electron chi connectivity index (χ2n) is 9.74. The SMILES string of the molecule is O=C1C=C(Br)C(=O)C2=C1[C@@H](c1ccc(OCc3ccccc3)cc1O)C1=CC[C@@H]3C(=O)NC(=O)[C@@H]3[C@@H]1C2. The van der Waals surface area contributed by atoms with Crippen LogP contribution in [-0.4, -0.2) is 28.5 Å². The summed E-state index contributed by atoms with van der Waals surface area (Å²) in [4.78, 5) is 51.6. The van der Waals surface area contributed by atoms with E-state index in [0.29, 0.717) is 35.5 Å². The Morgan fingerprint density at radius 3 is 2.54 bits per heavy atom. The number of aromatic hydroxyl groups is 1. The first-order valence-electron chi connectivity index (χ1n) is 12.1. The van der Waals surface area contributed by atoms with E-state index >= 15 is 0 Å². The first-order chi connectivity index (χ1) is 17.8. The van der Waals surface area contributed by atoms with E-state index in [-0.39, 0.29) is 40.0 Å². The highest BCUT2D eigenvalue weighted by Gasteiger charge is 2.53. The first-order valence-corrected chi connectivity index (χ1v) is 12.9. The number of halogens is 1. The summed E-state index contributed by atoms with van der Waals surface area (Å²) in [7, 11) is 0. The lowest BCUT2D eigenvalue weighted by molar-refractivity contribution is -0.126. The molecule has 37 heavy (non-hydrogen) atoms. The molecule has 0 bridgehead atoms. The normalized spacial score (nSPS) is 26.6. The number of amides is 2. The number of imide groups is 1. The molecule has 2 amide bonds. The molecule has 2 aromatic rings. The minimum Gasteiger partial charge on any atom is -0.507 e. The van der Waals surface area contributed by atoms with Crippen LogP contribution in [0, 0.1) is 17.8 Å². The number of fused-ring (bicyclic) bond motifs is 3. The molecule has 7 nitrogen and oxygen atoms in total. The van der Waals surface area contributed by atoms with Crippen LogP contribution in [-0.2, 0) is 25.8 Å². The maximum absolute atomic E-state index is 13.2. The summed E-state index contributed by atoms with van der Waals surface area (Å²) >= 11 is 3.20. The van der Waals surface area contributed by atoms with E-state index in [0.717, 1.165) is 11.1 Å². The molecular weight excluding hydrogens is 538 g/mol. The number of rotatable bonds is 4. The van der Waals surface area contributed by atoms with Gasteiger partial charge in [-0.05, 0) is 46.3 Å². The Balaban J connectivity index is 1.42. The smallest absolute Gasteiger partial charge is 0.231 e. The Kier molecular flexibility index (Phi) is 5.71. The largest absolute Gasteiger partial charge is 0.507 e. The van der Waals surface area contributed by atoms with Gasteiger partial charge in [-0.2, -0.15) is 0 Å². The van der Waals surface area contributed by atoms with Crippen molar-refractivity contribution < 1.29 is 29.0 Å². The Bertz CT molecular complexity index is 1470. The van der Waals surface area contributed by atoms with Gasteiger partial charge in [-0.1, -0.05) is 48.0 Å². The van der Waals surface area contributed by atoms with Gasteiger partial charge in [-0.3, -0.25) is 24.5 Å². The van der Waals surface area contributed by atoms with Crippen molar-refractivity contribution >= 4 is 39.3 Å². The van der Waals surface area contributed by atoms with Crippen molar-refractivity contribution in [2.75, 3.05) is 0 Å². The third kappa shape index (κ3) is 3.87. The minimum absolute atomic E-state index is 0.0769. The molecule has 1 aliphatic heterocycles. The van der Waals surface area contributed by atoms with Gasteiger partial charge < -0.3 is 9.84 Å². The molecule has 0 spiro atoms. The zero-order chi connectivity index (χ0) is 25.8. The van der Waals surface area contributed by atoms with E-state index in [1.807, 2.05) is 36.4 Å². The average Bonchev–Trinajstić information content (AvgIpc) is 3.19. The van der Waals surface area contributed by atoms with Crippen molar-refractivity contribution in [3.63, 3.8) is 0 Å². The van der Waals surface area contributed by atoms with E-state index < -0.39 is 23.7 Å². The molecule has 4 atom stereocenters. The van der Waals surface area contributed by atoms with Gasteiger partial charge >= 0.3 is 0 Å². The summed E-state index contributed by atoms with van der Waals surface area (Å²) in [5.41, 5.74) is 2.85. The van der Waals surface area contributed by atoms with Crippen LogP contribution in [0.25, 0.3) is 0 Å². The predicted octanol–water partition coefficient (Wildman–Crippen LogP) is 4.02. The summed E-state index contributed by atoms with van der Waals surface area (Å²) in [5, 5.41) is 13.6. The molecule has 0 unspecified atom stereocenters. The highest BCUT2D eigenvalue weighted by Crippen LogP contribution is 2.55. The van der Waals surface area contributed by atoms with Crippen molar-refractivity contribution in [1.82, 2.24) is 5.32 Å². The Labute approximate surface area is 221 Å². The number of allylic oxidation sites excluding steroid dienone is 6. The van der Waals surface area contributed by atoms with E-state index in [4.69, 9.17) is 4.74 Å². The quantitative estimate of drug-likeness (QED) is 0.332. The lowest BCUT2D eigenvalue weighted by Crippen LogP contribution is -2.39. The summed E-state index contributed by atoms with van der Waals surface area (Å²) < 4.78 is 6.01.